The zero-order chi connectivity index (χ0) is 17.4. The number of amides is 1. The van der Waals surface area contributed by atoms with Gasteiger partial charge in [0, 0.05) is 23.7 Å². The van der Waals surface area contributed by atoms with E-state index in [9.17, 15) is 4.79 Å². The van der Waals surface area contributed by atoms with Gasteiger partial charge in [-0.05, 0) is 35.7 Å². The van der Waals surface area contributed by atoms with Gasteiger partial charge in [0.15, 0.2) is 11.3 Å². The number of carbonyl (C=O) groups excluding carboxylic acids is 1. The van der Waals surface area contributed by atoms with Crippen molar-refractivity contribution in [3.63, 3.8) is 0 Å². The number of nitrogens with one attached hydrogen (secondary N) is 2. The number of nitrogens with zero attached hydrogens (tertiary/aromatic N) is 2. The van der Waals surface area contributed by atoms with E-state index in [4.69, 9.17) is 12.2 Å². The Bertz CT molecular complexity index is 1070. The molecule has 0 saturated carbocycles. The van der Waals surface area contributed by atoms with Crippen molar-refractivity contribution in [3.05, 3.63) is 52.9 Å². The number of carbonyl (C=O) groups is 1. The highest BCUT2D eigenvalue weighted by atomic mass is 16.1. The molecule has 0 unspecified atom stereocenters. The summed E-state index contributed by atoms with van der Waals surface area (Å²) in [5.41, 5.74) is 11.1. The summed E-state index contributed by atoms with van der Waals surface area (Å²) in [5, 5.41) is 11.9. The number of hydrogen-bond donors (Lipinski definition) is 3. The zero-order valence-corrected chi connectivity index (χ0v) is 13.3. The summed E-state index contributed by atoms with van der Waals surface area (Å²) >= 11 is 0. The predicted molar refractivity (Wildman–Crippen MR) is 97.3 cm³/mol. The molecule has 25 heavy (non-hydrogen) atoms. The molecule has 2 aromatic heterocycles. The van der Waals surface area contributed by atoms with E-state index < -0.39 is 5.91 Å². The minimum atomic E-state index is -0.629. The number of aromatic amines is 1. The maximum absolute atomic E-state index is 11.7. The second kappa shape index (κ2) is 5.80. The fraction of sp³-hybridized carbons (Fsp3) is 0.105. The van der Waals surface area contributed by atoms with Crippen molar-refractivity contribution in [1.82, 2.24) is 15.2 Å². The monoisotopic (exact) mass is 329 g/mol. The summed E-state index contributed by atoms with van der Waals surface area (Å²) in [6, 6.07) is 7.89. The molecule has 4 rings (SSSR count). The van der Waals surface area contributed by atoms with Crippen molar-refractivity contribution in [1.29, 1.82) is 0 Å². The zero-order valence-electron chi connectivity index (χ0n) is 13.3. The molecule has 0 saturated heterocycles. The Morgan fingerprint density at radius 3 is 3.04 bits per heavy atom. The molecule has 3 aromatic rings. The van der Waals surface area contributed by atoms with E-state index in [1.54, 1.807) is 6.20 Å². The van der Waals surface area contributed by atoms with E-state index in [1.807, 2.05) is 18.2 Å². The number of benzene rings is 1. The number of terminal acetylenes is 1. The van der Waals surface area contributed by atoms with E-state index in [-0.39, 0.29) is 5.69 Å². The second-order valence-corrected chi connectivity index (χ2v) is 5.93. The third kappa shape index (κ3) is 2.62. The van der Waals surface area contributed by atoms with Crippen LogP contribution in [0, 0.1) is 12.3 Å². The molecular weight excluding hydrogens is 314 g/mol. The van der Waals surface area contributed by atoms with Crippen molar-refractivity contribution in [2.24, 2.45) is 5.73 Å². The van der Waals surface area contributed by atoms with Gasteiger partial charge in [-0.1, -0.05) is 17.7 Å². The SMILES string of the molecule is C#CCC1=Cc2cc(Nc3c(C(N)=O)nnc4[nH]ccc34)ccc2C1. The highest BCUT2D eigenvalue weighted by Crippen LogP contribution is 2.32. The first-order chi connectivity index (χ1) is 12.2. The number of aromatic nitrogens is 3. The van der Waals surface area contributed by atoms with E-state index in [2.05, 4.69) is 38.6 Å². The van der Waals surface area contributed by atoms with Crippen LogP contribution in [0.25, 0.3) is 17.1 Å². The quantitative estimate of drug-likeness (QED) is 0.641. The molecule has 6 heteroatoms. The predicted octanol–water partition coefficient (Wildman–Crippen LogP) is 2.76. The first-order valence-electron chi connectivity index (χ1n) is 7.82. The summed E-state index contributed by atoms with van der Waals surface area (Å²) in [5.74, 6) is 2.05. The average molecular weight is 329 g/mol. The molecule has 0 bridgehead atoms. The summed E-state index contributed by atoms with van der Waals surface area (Å²) in [7, 11) is 0. The molecule has 6 nitrogen and oxygen atoms in total. The van der Waals surface area contributed by atoms with E-state index >= 15 is 0 Å². The third-order valence-electron chi connectivity index (χ3n) is 4.24. The molecule has 122 valence electrons. The molecule has 1 aliphatic rings. The minimum absolute atomic E-state index is 0.108. The van der Waals surface area contributed by atoms with Crippen molar-refractivity contribution < 1.29 is 4.79 Å². The molecule has 0 atom stereocenters. The standard InChI is InChI=1S/C19H15N5O/c1-2-3-11-8-12-4-5-14(10-13(12)9-11)22-16-15-6-7-21-19(15)24-23-17(16)18(20)25/h1,4-7,9-10H,3,8H2,(H2,20,25)(H2,21,22,24). The molecule has 0 aliphatic heterocycles. The number of primary amides is 1. The van der Waals surface area contributed by atoms with Crippen LogP contribution in [0.2, 0.25) is 0 Å². The van der Waals surface area contributed by atoms with E-state index in [1.165, 1.54) is 11.1 Å². The molecule has 0 fully saturated rings. The molecule has 1 aliphatic carbocycles. The van der Waals surface area contributed by atoms with Crippen LogP contribution in [0.5, 0.6) is 0 Å². The van der Waals surface area contributed by atoms with Crippen LogP contribution < -0.4 is 11.1 Å². The molecule has 1 amide bonds. The van der Waals surface area contributed by atoms with Crippen LogP contribution >= 0.6 is 0 Å². The van der Waals surface area contributed by atoms with Gasteiger partial charge >= 0.3 is 0 Å². The fourth-order valence-electron chi connectivity index (χ4n) is 3.09. The van der Waals surface area contributed by atoms with Crippen LogP contribution in [0.4, 0.5) is 11.4 Å². The van der Waals surface area contributed by atoms with Crippen LogP contribution in [0.3, 0.4) is 0 Å². The molecule has 4 N–H and O–H groups in total. The number of rotatable bonds is 4. The van der Waals surface area contributed by atoms with E-state index in [0.29, 0.717) is 17.8 Å². The summed E-state index contributed by atoms with van der Waals surface area (Å²) in [6.45, 7) is 0. The number of fused-ring (bicyclic) bond motifs is 2. The van der Waals surface area contributed by atoms with Gasteiger partial charge in [0.2, 0.25) is 0 Å². The van der Waals surface area contributed by atoms with Crippen molar-refractivity contribution >= 4 is 34.4 Å². The average Bonchev–Trinajstić information content (AvgIpc) is 3.20. The number of nitrogens with two attached hydrogens (primary N) is 1. The lowest BCUT2D eigenvalue weighted by molar-refractivity contribution is 0.0995. The van der Waals surface area contributed by atoms with Crippen molar-refractivity contribution in [2.75, 3.05) is 5.32 Å². The third-order valence-corrected chi connectivity index (χ3v) is 4.24. The first kappa shape index (κ1) is 15.0. The highest BCUT2D eigenvalue weighted by Gasteiger charge is 2.17. The summed E-state index contributed by atoms with van der Waals surface area (Å²) in [6.07, 6.45) is 10.8. The lowest BCUT2D eigenvalue weighted by atomic mass is 10.1. The lowest BCUT2D eigenvalue weighted by Gasteiger charge is -2.11. The highest BCUT2D eigenvalue weighted by molar-refractivity contribution is 6.05. The topological polar surface area (TPSA) is 96.7 Å². The first-order valence-corrected chi connectivity index (χ1v) is 7.82. The van der Waals surface area contributed by atoms with Crippen LogP contribution in [-0.2, 0) is 6.42 Å². The Kier molecular flexibility index (Phi) is 3.47. The van der Waals surface area contributed by atoms with Gasteiger partial charge in [-0.2, -0.15) is 0 Å². The van der Waals surface area contributed by atoms with Gasteiger partial charge in [-0.25, -0.2) is 0 Å². The Hall–Kier alpha value is -3.59. The Labute approximate surface area is 144 Å². The van der Waals surface area contributed by atoms with Gasteiger partial charge in [0.1, 0.15) is 0 Å². The summed E-state index contributed by atoms with van der Waals surface area (Å²) in [4.78, 5) is 14.7. The van der Waals surface area contributed by atoms with Gasteiger partial charge in [0.05, 0.1) is 5.69 Å². The van der Waals surface area contributed by atoms with Gasteiger partial charge < -0.3 is 16.0 Å². The maximum Gasteiger partial charge on any atom is 0.271 e. The van der Waals surface area contributed by atoms with Gasteiger partial charge in [-0.3, -0.25) is 4.79 Å². The van der Waals surface area contributed by atoms with Crippen LogP contribution in [0.1, 0.15) is 28.0 Å². The number of allylic oxidation sites excluding steroid dienone is 1. The summed E-state index contributed by atoms with van der Waals surface area (Å²) < 4.78 is 0. The number of anilines is 2. The van der Waals surface area contributed by atoms with Crippen LogP contribution in [0.15, 0.2) is 36.0 Å². The van der Waals surface area contributed by atoms with Crippen molar-refractivity contribution in [3.8, 4) is 12.3 Å². The number of hydrogen-bond acceptors (Lipinski definition) is 4. The largest absolute Gasteiger partial charge is 0.364 e. The second-order valence-electron chi connectivity index (χ2n) is 5.93. The fourth-order valence-corrected chi connectivity index (χ4v) is 3.09. The maximum atomic E-state index is 11.7. The number of H-pyrrole nitrogens is 1. The van der Waals surface area contributed by atoms with Crippen LogP contribution in [-0.4, -0.2) is 21.1 Å². The Morgan fingerprint density at radius 1 is 1.36 bits per heavy atom. The molecular formula is C19H15N5O. The molecule has 0 spiro atoms. The normalized spacial score (nSPS) is 12.5. The molecule has 1 aromatic carbocycles. The Balaban J connectivity index is 1.75. The Morgan fingerprint density at radius 2 is 2.24 bits per heavy atom. The smallest absolute Gasteiger partial charge is 0.271 e. The molecule has 2 heterocycles. The molecule has 0 radical (unpaired) electrons. The van der Waals surface area contributed by atoms with E-state index in [0.717, 1.165) is 23.1 Å². The minimum Gasteiger partial charge on any atom is -0.364 e. The van der Waals surface area contributed by atoms with Gasteiger partial charge in [0.25, 0.3) is 5.91 Å². The van der Waals surface area contributed by atoms with Gasteiger partial charge in [-0.15, -0.1) is 22.5 Å². The van der Waals surface area contributed by atoms with Crippen molar-refractivity contribution in [2.45, 2.75) is 12.8 Å². The lowest BCUT2D eigenvalue weighted by Crippen LogP contribution is -2.16.